The Morgan fingerprint density at radius 2 is 1.92 bits per heavy atom. The van der Waals surface area contributed by atoms with E-state index in [9.17, 15) is 0 Å². The molecule has 3 nitrogen and oxygen atoms in total. The highest BCUT2D eigenvalue weighted by atomic mass is 16.7. The van der Waals surface area contributed by atoms with E-state index in [1.54, 1.807) is 0 Å². The third kappa shape index (κ3) is 1.26. The summed E-state index contributed by atoms with van der Waals surface area (Å²) in [5.41, 5.74) is 0.104. The predicted molar refractivity (Wildman–Crippen MR) is 45.6 cm³/mol. The lowest BCUT2D eigenvalue weighted by molar-refractivity contribution is -0.193. The van der Waals surface area contributed by atoms with E-state index in [1.165, 1.54) is 0 Å². The summed E-state index contributed by atoms with van der Waals surface area (Å²) < 4.78 is 5.42. The molecule has 3 heteroatoms. The predicted octanol–water partition coefficient (Wildman–Crippen LogP) is 1.05. The molecule has 70 valence electrons. The van der Waals surface area contributed by atoms with Crippen molar-refractivity contribution in [2.75, 3.05) is 19.8 Å². The number of hydrogen-bond donors (Lipinski definition) is 0. The summed E-state index contributed by atoms with van der Waals surface area (Å²) in [5.74, 6) is 0.601. The average Bonchev–Trinajstić information content (AvgIpc) is 2.37. The van der Waals surface area contributed by atoms with Crippen molar-refractivity contribution >= 4 is 0 Å². The molecule has 2 fully saturated rings. The standard InChI is InChI=1S/C9H17NO2/c1-9(2,3)10-8-6-11-4-7(8)5-12-10/h7-8H,4-6H2,1-3H3/t7-,8-/m1/s1. The van der Waals surface area contributed by atoms with Crippen molar-refractivity contribution in [3.8, 4) is 0 Å². The van der Waals surface area contributed by atoms with Gasteiger partial charge >= 0.3 is 0 Å². The summed E-state index contributed by atoms with van der Waals surface area (Å²) in [5, 5.41) is 2.10. The topological polar surface area (TPSA) is 21.7 Å². The molecule has 0 radical (unpaired) electrons. The Morgan fingerprint density at radius 3 is 2.58 bits per heavy atom. The van der Waals surface area contributed by atoms with Crippen LogP contribution in [-0.4, -0.2) is 36.5 Å². The van der Waals surface area contributed by atoms with Gasteiger partial charge < -0.3 is 4.74 Å². The van der Waals surface area contributed by atoms with Crippen LogP contribution in [0.5, 0.6) is 0 Å². The highest BCUT2D eigenvalue weighted by Crippen LogP contribution is 2.32. The summed E-state index contributed by atoms with van der Waals surface area (Å²) in [7, 11) is 0. The van der Waals surface area contributed by atoms with Crippen LogP contribution in [0.2, 0.25) is 0 Å². The summed E-state index contributed by atoms with van der Waals surface area (Å²) >= 11 is 0. The molecule has 2 heterocycles. The van der Waals surface area contributed by atoms with Gasteiger partial charge in [0.05, 0.1) is 25.9 Å². The van der Waals surface area contributed by atoms with Gasteiger partial charge in [-0.05, 0) is 20.8 Å². The number of fused-ring (bicyclic) bond motifs is 1. The Balaban J connectivity index is 2.09. The number of hydroxylamine groups is 2. The van der Waals surface area contributed by atoms with Gasteiger partial charge in [0.15, 0.2) is 0 Å². The molecule has 2 saturated heterocycles. The zero-order valence-corrected chi connectivity index (χ0v) is 8.04. The van der Waals surface area contributed by atoms with Crippen LogP contribution >= 0.6 is 0 Å². The Hall–Kier alpha value is -0.120. The maximum atomic E-state index is 5.64. The van der Waals surface area contributed by atoms with Gasteiger partial charge in [0.1, 0.15) is 0 Å². The van der Waals surface area contributed by atoms with E-state index in [-0.39, 0.29) is 5.54 Å². The molecule has 0 unspecified atom stereocenters. The minimum absolute atomic E-state index is 0.104. The van der Waals surface area contributed by atoms with E-state index in [4.69, 9.17) is 9.57 Å². The molecule has 0 aliphatic carbocycles. The van der Waals surface area contributed by atoms with Crippen molar-refractivity contribution in [3.63, 3.8) is 0 Å². The van der Waals surface area contributed by atoms with Crippen LogP contribution in [0.25, 0.3) is 0 Å². The number of nitrogens with zero attached hydrogens (tertiary/aromatic N) is 1. The fourth-order valence-corrected chi connectivity index (χ4v) is 1.97. The van der Waals surface area contributed by atoms with Crippen LogP contribution in [0, 0.1) is 5.92 Å². The van der Waals surface area contributed by atoms with Crippen LogP contribution in [0.3, 0.4) is 0 Å². The zero-order chi connectivity index (χ0) is 8.77. The quantitative estimate of drug-likeness (QED) is 0.543. The van der Waals surface area contributed by atoms with Crippen LogP contribution in [0.4, 0.5) is 0 Å². The van der Waals surface area contributed by atoms with Gasteiger partial charge in [0.25, 0.3) is 0 Å². The second kappa shape index (κ2) is 2.69. The summed E-state index contributed by atoms with van der Waals surface area (Å²) in [6.45, 7) is 9.07. The third-order valence-corrected chi connectivity index (χ3v) is 2.55. The first-order valence-electron chi connectivity index (χ1n) is 4.59. The van der Waals surface area contributed by atoms with Crippen LogP contribution in [0.1, 0.15) is 20.8 Å². The second-order valence-electron chi connectivity index (χ2n) is 4.66. The van der Waals surface area contributed by atoms with E-state index in [1.807, 2.05) is 0 Å². The van der Waals surface area contributed by atoms with Crippen molar-refractivity contribution in [3.05, 3.63) is 0 Å². The molecule has 0 spiro atoms. The van der Waals surface area contributed by atoms with Crippen LogP contribution < -0.4 is 0 Å². The van der Waals surface area contributed by atoms with E-state index in [0.717, 1.165) is 19.8 Å². The Kier molecular flexibility index (Phi) is 1.90. The Bertz CT molecular complexity index is 176. The molecule has 0 bridgehead atoms. The van der Waals surface area contributed by atoms with Gasteiger partial charge in [0, 0.05) is 11.5 Å². The monoisotopic (exact) mass is 171 g/mol. The maximum Gasteiger partial charge on any atom is 0.0752 e. The average molecular weight is 171 g/mol. The summed E-state index contributed by atoms with van der Waals surface area (Å²) in [6, 6.07) is 0.491. The lowest BCUT2D eigenvalue weighted by Gasteiger charge is -2.33. The molecule has 2 aliphatic rings. The maximum absolute atomic E-state index is 5.64. The van der Waals surface area contributed by atoms with Crippen molar-refractivity contribution in [2.24, 2.45) is 5.92 Å². The van der Waals surface area contributed by atoms with Crippen LogP contribution in [-0.2, 0) is 9.57 Å². The van der Waals surface area contributed by atoms with Gasteiger partial charge in [-0.1, -0.05) is 0 Å². The SMILES string of the molecule is CC(C)(C)N1OC[C@H]2COC[C@H]21. The third-order valence-electron chi connectivity index (χ3n) is 2.55. The number of hydrogen-bond acceptors (Lipinski definition) is 3. The lowest BCUT2D eigenvalue weighted by atomic mass is 10.0. The Morgan fingerprint density at radius 1 is 1.17 bits per heavy atom. The molecule has 0 aromatic carbocycles. The van der Waals surface area contributed by atoms with Crippen molar-refractivity contribution in [1.29, 1.82) is 0 Å². The minimum atomic E-state index is 0.104. The van der Waals surface area contributed by atoms with E-state index in [0.29, 0.717) is 12.0 Å². The first-order chi connectivity index (χ1) is 5.59. The molecule has 0 aromatic rings. The van der Waals surface area contributed by atoms with E-state index >= 15 is 0 Å². The second-order valence-corrected chi connectivity index (χ2v) is 4.66. The van der Waals surface area contributed by atoms with Crippen molar-refractivity contribution in [1.82, 2.24) is 5.06 Å². The zero-order valence-electron chi connectivity index (χ0n) is 8.04. The normalized spacial score (nSPS) is 37.2. The first kappa shape index (κ1) is 8.48. The van der Waals surface area contributed by atoms with Gasteiger partial charge in [-0.15, -0.1) is 0 Å². The van der Waals surface area contributed by atoms with Gasteiger partial charge in [-0.2, -0.15) is 5.06 Å². The molecule has 0 aromatic heterocycles. The summed E-state index contributed by atoms with van der Waals surface area (Å²) in [4.78, 5) is 5.64. The first-order valence-corrected chi connectivity index (χ1v) is 4.59. The highest BCUT2D eigenvalue weighted by molar-refractivity contribution is 4.89. The molecule has 2 atom stereocenters. The van der Waals surface area contributed by atoms with E-state index < -0.39 is 0 Å². The molecule has 0 saturated carbocycles. The van der Waals surface area contributed by atoms with E-state index in [2.05, 4.69) is 25.8 Å². The minimum Gasteiger partial charge on any atom is -0.379 e. The molecule has 2 aliphatic heterocycles. The highest BCUT2D eigenvalue weighted by Gasteiger charge is 2.44. The Labute approximate surface area is 73.6 Å². The number of ether oxygens (including phenoxy) is 1. The number of rotatable bonds is 0. The molecule has 0 amide bonds. The van der Waals surface area contributed by atoms with Crippen LogP contribution in [0.15, 0.2) is 0 Å². The fraction of sp³-hybridized carbons (Fsp3) is 1.00. The van der Waals surface area contributed by atoms with Crippen molar-refractivity contribution < 1.29 is 9.57 Å². The molecule has 12 heavy (non-hydrogen) atoms. The lowest BCUT2D eigenvalue weighted by Crippen LogP contribution is -2.45. The smallest absolute Gasteiger partial charge is 0.0752 e. The molecular formula is C9H17NO2. The molecule has 2 rings (SSSR count). The van der Waals surface area contributed by atoms with Gasteiger partial charge in [0.2, 0.25) is 0 Å². The molecular weight excluding hydrogens is 154 g/mol. The van der Waals surface area contributed by atoms with Crippen molar-refractivity contribution in [2.45, 2.75) is 32.4 Å². The van der Waals surface area contributed by atoms with Gasteiger partial charge in [-0.25, -0.2) is 0 Å². The summed E-state index contributed by atoms with van der Waals surface area (Å²) in [6.07, 6.45) is 0. The largest absolute Gasteiger partial charge is 0.379 e. The molecule has 0 N–H and O–H groups in total. The van der Waals surface area contributed by atoms with Gasteiger partial charge in [-0.3, -0.25) is 4.84 Å². The fourth-order valence-electron chi connectivity index (χ4n) is 1.97.